The summed E-state index contributed by atoms with van der Waals surface area (Å²) in [6.07, 6.45) is 0. The van der Waals surface area contributed by atoms with E-state index in [0.29, 0.717) is 15.0 Å². The van der Waals surface area contributed by atoms with Gasteiger partial charge >= 0.3 is 0 Å². The Morgan fingerprint density at radius 3 is 2.57 bits per heavy atom. The molecule has 0 saturated heterocycles. The highest BCUT2D eigenvalue weighted by atomic mass is 79.9. The SMILES string of the molecule is Cc1cc(F)c(Br)cc1NS(=O)(=O)c1cc(CN)sc1Br. The van der Waals surface area contributed by atoms with Crippen LogP contribution in [0.3, 0.4) is 0 Å². The lowest BCUT2D eigenvalue weighted by atomic mass is 10.2. The van der Waals surface area contributed by atoms with E-state index in [1.807, 2.05) is 0 Å². The molecule has 0 aliphatic carbocycles. The smallest absolute Gasteiger partial charge is 0.263 e. The van der Waals surface area contributed by atoms with Gasteiger partial charge in [0.15, 0.2) is 0 Å². The number of sulfonamides is 1. The summed E-state index contributed by atoms with van der Waals surface area (Å²) in [6, 6.07) is 4.17. The van der Waals surface area contributed by atoms with E-state index < -0.39 is 15.8 Å². The largest absolute Gasteiger partial charge is 0.326 e. The van der Waals surface area contributed by atoms with Crippen molar-refractivity contribution in [2.45, 2.75) is 18.4 Å². The Bertz CT molecular complexity index is 791. The average molecular weight is 458 g/mol. The zero-order chi connectivity index (χ0) is 15.8. The van der Waals surface area contributed by atoms with Gasteiger partial charge in [0.2, 0.25) is 0 Å². The van der Waals surface area contributed by atoms with Crippen LogP contribution in [0.25, 0.3) is 0 Å². The zero-order valence-electron chi connectivity index (χ0n) is 10.8. The van der Waals surface area contributed by atoms with Crippen LogP contribution in [-0.4, -0.2) is 8.42 Å². The first-order valence-corrected chi connectivity index (χ1v) is 9.60. The van der Waals surface area contributed by atoms with E-state index in [9.17, 15) is 12.8 Å². The first-order valence-electron chi connectivity index (χ1n) is 5.71. The Morgan fingerprint density at radius 1 is 1.33 bits per heavy atom. The molecule has 0 bridgehead atoms. The van der Waals surface area contributed by atoms with Crippen LogP contribution in [0.2, 0.25) is 0 Å². The van der Waals surface area contributed by atoms with Gasteiger partial charge in [-0.1, -0.05) is 0 Å². The standard InChI is InChI=1S/C12H11Br2FN2O2S2/c1-6-2-9(15)8(13)4-10(6)17-21(18,19)11-3-7(5-16)20-12(11)14/h2-4,17H,5,16H2,1H3. The lowest BCUT2D eigenvalue weighted by molar-refractivity contribution is 0.600. The second kappa shape index (κ2) is 6.33. The van der Waals surface area contributed by atoms with Crippen molar-refractivity contribution in [2.24, 2.45) is 5.73 Å². The Morgan fingerprint density at radius 2 is 2.00 bits per heavy atom. The highest BCUT2D eigenvalue weighted by molar-refractivity contribution is 9.11. The molecule has 0 unspecified atom stereocenters. The van der Waals surface area contributed by atoms with Gasteiger partial charge in [-0.15, -0.1) is 11.3 Å². The van der Waals surface area contributed by atoms with Crippen molar-refractivity contribution >= 4 is 58.9 Å². The summed E-state index contributed by atoms with van der Waals surface area (Å²) in [6.45, 7) is 1.89. The molecule has 0 aliphatic rings. The minimum Gasteiger partial charge on any atom is -0.326 e. The van der Waals surface area contributed by atoms with Crippen LogP contribution in [-0.2, 0) is 16.6 Å². The molecule has 21 heavy (non-hydrogen) atoms. The number of aryl methyl sites for hydroxylation is 1. The van der Waals surface area contributed by atoms with Crippen molar-refractivity contribution in [1.82, 2.24) is 0 Å². The minimum atomic E-state index is -3.77. The number of hydrogen-bond donors (Lipinski definition) is 2. The zero-order valence-corrected chi connectivity index (χ0v) is 15.6. The molecule has 9 heteroatoms. The summed E-state index contributed by atoms with van der Waals surface area (Å²) in [5, 5.41) is 0. The van der Waals surface area contributed by atoms with Crippen molar-refractivity contribution in [3.63, 3.8) is 0 Å². The molecule has 0 radical (unpaired) electrons. The molecule has 2 aromatic rings. The Kier molecular flexibility index (Phi) is 5.09. The fourth-order valence-corrected chi connectivity index (χ4v) is 5.67. The van der Waals surface area contributed by atoms with Crippen LogP contribution in [0.4, 0.5) is 10.1 Å². The van der Waals surface area contributed by atoms with Crippen LogP contribution >= 0.6 is 43.2 Å². The molecule has 0 atom stereocenters. The molecule has 0 fully saturated rings. The predicted molar refractivity (Wildman–Crippen MR) is 89.6 cm³/mol. The molecule has 4 nitrogen and oxygen atoms in total. The van der Waals surface area contributed by atoms with Gasteiger partial charge in [0.25, 0.3) is 10.0 Å². The number of hydrogen-bond acceptors (Lipinski definition) is 4. The molecular formula is C12H11Br2FN2O2S2. The summed E-state index contributed by atoms with van der Waals surface area (Å²) in [5.74, 6) is -0.447. The van der Waals surface area contributed by atoms with Gasteiger partial charge in [-0.3, -0.25) is 4.72 Å². The number of anilines is 1. The van der Waals surface area contributed by atoms with Gasteiger partial charge in [0, 0.05) is 11.4 Å². The van der Waals surface area contributed by atoms with E-state index in [2.05, 4.69) is 36.6 Å². The fourth-order valence-electron chi connectivity index (χ4n) is 1.64. The highest BCUT2D eigenvalue weighted by Gasteiger charge is 2.22. The maximum Gasteiger partial charge on any atom is 0.263 e. The third kappa shape index (κ3) is 3.65. The molecule has 1 aromatic heterocycles. The van der Waals surface area contributed by atoms with Crippen LogP contribution < -0.4 is 10.5 Å². The Labute approximate surface area is 142 Å². The summed E-state index contributed by atoms with van der Waals surface area (Å²) in [4.78, 5) is 0.868. The number of halogens is 3. The first kappa shape index (κ1) is 16.9. The number of benzene rings is 1. The normalized spacial score (nSPS) is 11.7. The number of rotatable bonds is 4. The summed E-state index contributed by atoms with van der Waals surface area (Å²) < 4.78 is 41.4. The van der Waals surface area contributed by atoms with Crippen molar-refractivity contribution in [3.8, 4) is 0 Å². The quantitative estimate of drug-likeness (QED) is 0.729. The van der Waals surface area contributed by atoms with Crippen LogP contribution in [0.15, 0.2) is 31.4 Å². The van der Waals surface area contributed by atoms with Crippen LogP contribution in [0.5, 0.6) is 0 Å². The molecule has 0 amide bonds. The Hall–Kier alpha value is -0.480. The van der Waals surface area contributed by atoms with E-state index in [1.54, 1.807) is 6.92 Å². The molecule has 1 aromatic carbocycles. The topological polar surface area (TPSA) is 72.2 Å². The average Bonchev–Trinajstić information content (AvgIpc) is 2.78. The summed E-state index contributed by atoms with van der Waals surface area (Å²) >= 11 is 7.53. The molecule has 0 aliphatic heterocycles. The van der Waals surface area contributed by atoms with E-state index in [0.717, 1.165) is 4.88 Å². The molecule has 3 N–H and O–H groups in total. The second-order valence-corrected chi connectivity index (χ2v) is 9.20. The van der Waals surface area contributed by atoms with Crippen LogP contribution in [0.1, 0.15) is 10.4 Å². The molecule has 0 saturated carbocycles. The van der Waals surface area contributed by atoms with Crippen molar-refractivity contribution in [2.75, 3.05) is 4.72 Å². The van der Waals surface area contributed by atoms with E-state index in [-0.39, 0.29) is 15.9 Å². The van der Waals surface area contributed by atoms with Gasteiger partial charge < -0.3 is 5.73 Å². The van der Waals surface area contributed by atoms with Gasteiger partial charge in [0.05, 0.1) is 13.9 Å². The number of nitrogens with one attached hydrogen (secondary N) is 1. The first-order chi connectivity index (χ1) is 9.74. The van der Waals surface area contributed by atoms with Crippen molar-refractivity contribution in [3.05, 3.63) is 42.7 Å². The number of nitrogens with two attached hydrogens (primary N) is 1. The lowest BCUT2D eigenvalue weighted by Gasteiger charge is -2.11. The second-order valence-electron chi connectivity index (χ2n) is 4.24. The molecule has 114 valence electrons. The third-order valence-corrected chi connectivity index (χ3v) is 6.96. The third-order valence-electron chi connectivity index (χ3n) is 2.71. The van der Waals surface area contributed by atoms with Gasteiger partial charge in [-0.25, -0.2) is 12.8 Å². The number of thiophene rings is 1. The Balaban J connectivity index is 2.42. The van der Waals surface area contributed by atoms with E-state index >= 15 is 0 Å². The predicted octanol–water partition coefficient (Wildman–Crippen LogP) is 3.98. The molecule has 0 spiro atoms. The van der Waals surface area contributed by atoms with Crippen molar-refractivity contribution in [1.29, 1.82) is 0 Å². The fraction of sp³-hybridized carbons (Fsp3) is 0.167. The maximum absolute atomic E-state index is 13.4. The van der Waals surface area contributed by atoms with Crippen LogP contribution in [0, 0.1) is 12.7 Å². The van der Waals surface area contributed by atoms with Crippen molar-refractivity contribution < 1.29 is 12.8 Å². The molecule has 1 heterocycles. The molecule has 2 rings (SSSR count). The summed E-state index contributed by atoms with van der Waals surface area (Å²) in [5.41, 5.74) is 6.32. The highest BCUT2D eigenvalue weighted by Crippen LogP contribution is 2.33. The van der Waals surface area contributed by atoms with Gasteiger partial charge in [-0.05, 0) is 62.5 Å². The molecular weight excluding hydrogens is 447 g/mol. The lowest BCUT2D eigenvalue weighted by Crippen LogP contribution is -2.13. The van der Waals surface area contributed by atoms with E-state index in [1.165, 1.54) is 29.5 Å². The summed E-state index contributed by atoms with van der Waals surface area (Å²) in [7, 11) is -3.77. The minimum absolute atomic E-state index is 0.118. The van der Waals surface area contributed by atoms with E-state index in [4.69, 9.17) is 5.73 Å². The monoisotopic (exact) mass is 456 g/mol. The maximum atomic E-state index is 13.4. The van der Waals surface area contributed by atoms with Gasteiger partial charge in [0.1, 0.15) is 10.7 Å². The van der Waals surface area contributed by atoms with Gasteiger partial charge in [-0.2, -0.15) is 0 Å².